The van der Waals surface area contributed by atoms with E-state index in [1.165, 1.54) is 0 Å². The van der Waals surface area contributed by atoms with Crippen molar-refractivity contribution < 1.29 is 4.39 Å². The average Bonchev–Trinajstić information content (AvgIpc) is 2.42. The highest BCUT2D eigenvalue weighted by Gasteiger charge is 2.05. The van der Waals surface area contributed by atoms with Gasteiger partial charge in [0.05, 0.1) is 5.69 Å². The largest absolute Gasteiger partial charge is 0.313 e. The van der Waals surface area contributed by atoms with Gasteiger partial charge in [0, 0.05) is 23.9 Å². The van der Waals surface area contributed by atoms with Crippen LogP contribution in [-0.4, -0.2) is 11.5 Å². The monoisotopic (exact) mass is 244 g/mol. The maximum absolute atomic E-state index is 13.9. The van der Waals surface area contributed by atoms with E-state index >= 15 is 0 Å². The minimum Gasteiger partial charge on any atom is -0.313 e. The molecule has 0 spiro atoms. The van der Waals surface area contributed by atoms with Gasteiger partial charge < -0.3 is 5.32 Å². The van der Waals surface area contributed by atoms with E-state index in [1.807, 2.05) is 30.3 Å². The average molecular weight is 244 g/mol. The van der Waals surface area contributed by atoms with Crippen LogP contribution in [0.5, 0.6) is 0 Å². The van der Waals surface area contributed by atoms with Crippen molar-refractivity contribution in [2.75, 3.05) is 6.54 Å². The predicted octanol–water partition coefficient (Wildman–Crippen LogP) is 3.39. The second-order valence-corrected chi connectivity index (χ2v) is 4.20. The number of hydrogen-bond acceptors (Lipinski definition) is 2. The van der Waals surface area contributed by atoms with Crippen LogP contribution in [-0.2, 0) is 6.54 Å². The Morgan fingerprint density at radius 3 is 2.78 bits per heavy atom. The SMILES string of the molecule is CCCNCc1ccc(-c2ccccn2)cc1F. The predicted molar refractivity (Wildman–Crippen MR) is 71.6 cm³/mol. The fourth-order valence-electron chi connectivity index (χ4n) is 1.78. The first-order valence-electron chi connectivity index (χ1n) is 6.22. The molecule has 2 rings (SSSR count). The molecule has 1 N–H and O–H groups in total. The summed E-state index contributed by atoms with van der Waals surface area (Å²) in [6.07, 6.45) is 2.76. The molecule has 1 aromatic heterocycles. The minimum absolute atomic E-state index is 0.179. The van der Waals surface area contributed by atoms with Crippen molar-refractivity contribution in [2.45, 2.75) is 19.9 Å². The van der Waals surface area contributed by atoms with Crippen LogP contribution in [0.2, 0.25) is 0 Å². The van der Waals surface area contributed by atoms with Gasteiger partial charge in [0.1, 0.15) is 5.82 Å². The normalized spacial score (nSPS) is 10.6. The summed E-state index contributed by atoms with van der Waals surface area (Å²) in [6, 6.07) is 10.9. The maximum Gasteiger partial charge on any atom is 0.128 e. The summed E-state index contributed by atoms with van der Waals surface area (Å²) in [5, 5.41) is 3.20. The first kappa shape index (κ1) is 12.7. The molecule has 94 valence electrons. The number of halogens is 1. The van der Waals surface area contributed by atoms with Crippen LogP contribution < -0.4 is 5.32 Å². The maximum atomic E-state index is 13.9. The van der Waals surface area contributed by atoms with Crippen LogP contribution in [0.3, 0.4) is 0 Å². The van der Waals surface area contributed by atoms with Crippen LogP contribution in [0.25, 0.3) is 11.3 Å². The second kappa shape index (κ2) is 6.26. The number of aromatic nitrogens is 1. The molecular weight excluding hydrogens is 227 g/mol. The number of nitrogens with one attached hydrogen (secondary N) is 1. The van der Waals surface area contributed by atoms with E-state index < -0.39 is 0 Å². The molecule has 0 unspecified atom stereocenters. The molecule has 0 amide bonds. The Labute approximate surface area is 107 Å². The highest BCUT2D eigenvalue weighted by atomic mass is 19.1. The van der Waals surface area contributed by atoms with Gasteiger partial charge in [0.15, 0.2) is 0 Å². The summed E-state index contributed by atoms with van der Waals surface area (Å²) < 4.78 is 13.9. The van der Waals surface area contributed by atoms with Crippen molar-refractivity contribution in [3.8, 4) is 11.3 Å². The molecule has 0 aliphatic carbocycles. The van der Waals surface area contributed by atoms with E-state index in [4.69, 9.17) is 0 Å². The van der Waals surface area contributed by atoms with E-state index in [9.17, 15) is 4.39 Å². The molecule has 2 nitrogen and oxygen atoms in total. The van der Waals surface area contributed by atoms with Gasteiger partial charge in [-0.3, -0.25) is 4.98 Å². The van der Waals surface area contributed by atoms with Crippen LogP contribution in [0, 0.1) is 5.82 Å². The van der Waals surface area contributed by atoms with Crippen molar-refractivity contribution in [3.05, 3.63) is 54.0 Å². The van der Waals surface area contributed by atoms with Gasteiger partial charge in [0.25, 0.3) is 0 Å². The van der Waals surface area contributed by atoms with E-state index in [0.717, 1.165) is 24.2 Å². The molecular formula is C15H17FN2. The number of benzene rings is 1. The number of rotatable bonds is 5. The molecule has 18 heavy (non-hydrogen) atoms. The molecule has 0 bridgehead atoms. The highest BCUT2D eigenvalue weighted by Crippen LogP contribution is 2.19. The molecule has 3 heteroatoms. The van der Waals surface area contributed by atoms with Crippen LogP contribution in [0.1, 0.15) is 18.9 Å². The Bertz CT molecular complexity index is 497. The van der Waals surface area contributed by atoms with Gasteiger partial charge in [-0.15, -0.1) is 0 Å². The Morgan fingerprint density at radius 2 is 2.11 bits per heavy atom. The Hall–Kier alpha value is -1.74. The van der Waals surface area contributed by atoms with Gasteiger partial charge in [-0.1, -0.05) is 25.1 Å². The number of pyridine rings is 1. The van der Waals surface area contributed by atoms with Crippen molar-refractivity contribution in [1.29, 1.82) is 0 Å². The molecule has 0 saturated carbocycles. The van der Waals surface area contributed by atoms with E-state index in [1.54, 1.807) is 12.3 Å². The third-order valence-electron chi connectivity index (χ3n) is 2.76. The Morgan fingerprint density at radius 1 is 1.22 bits per heavy atom. The molecule has 0 aliphatic heterocycles. The highest BCUT2D eigenvalue weighted by molar-refractivity contribution is 5.59. The molecule has 0 atom stereocenters. The van der Waals surface area contributed by atoms with E-state index in [2.05, 4.69) is 17.2 Å². The minimum atomic E-state index is -0.179. The third kappa shape index (κ3) is 3.14. The fourth-order valence-corrected chi connectivity index (χ4v) is 1.78. The summed E-state index contributed by atoms with van der Waals surface area (Å²) in [5.74, 6) is -0.179. The van der Waals surface area contributed by atoms with Gasteiger partial charge in [0.2, 0.25) is 0 Å². The smallest absolute Gasteiger partial charge is 0.128 e. The summed E-state index contributed by atoms with van der Waals surface area (Å²) in [4.78, 5) is 4.21. The molecule has 0 saturated heterocycles. The number of hydrogen-bond donors (Lipinski definition) is 1. The van der Waals surface area contributed by atoms with Crippen LogP contribution in [0.4, 0.5) is 4.39 Å². The summed E-state index contributed by atoms with van der Waals surface area (Å²) in [7, 11) is 0. The first-order chi connectivity index (χ1) is 8.81. The second-order valence-electron chi connectivity index (χ2n) is 4.20. The zero-order valence-corrected chi connectivity index (χ0v) is 10.5. The lowest BCUT2D eigenvalue weighted by molar-refractivity contribution is 0.587. The summed E-state index contributed by atoms with van der Waals surface area (Å²) in [6.45, 7) is 3.57. The van der Waals surface area contributed by atoms with Crippen molar-refractivity contribution >= 4 is 0 Å². The third-order valence-corrected chi connectivity index (χ3v) is 2.76. The quantitative estimate of drug-likeness (QED) is 0.815. The lowest BCUT2D eigenvalue weighted by atomic mass is 10.1. The first-order valence-corrected chi connectivity index (χ1v) is 6.22. The van der Waals surface area contributed by atoms with Gasteiger partial charge in [-0.25, -0.2) is 4.39 Å². The van der Waals surface area contributed by atoms with Crippen molar-refractivity contribution in [3.63, 3.8) is 0 Å². The van der Waals surface area contributed by atoms with Gasteiger partial charge >= 0.3 is 0 Å². The van der Waals surface area contributed by atoms with E-state index in [-0.39, 0.29) is 5.82 Å². The zero-order chi connectivity index (χ0) is 12.8. The lowest BCUT2D eigenvalue weighted by Gasteiger charge is -2.07. The van der Waals surface area contributed by atoms with Gasteiger partial charge in [-0.05, 0) is 31.2 Å². The van der Waals surface area contributed by atoms with Crippen molar-refractivity contribution in [1.82, 2.24) is 10.3 Å². The molecule has 1 heterocycles. The Balaban J connectivity index is 2.15. The molecule has 0 radical (unpaired) electrons. The fraction of sp³-hybridized carbons (Fsp3) is 0.267. The van der Waals surface area contributed by atoms with Gasteiger partial charge in [-0.2, -0.15) is 0 Å². The summed E-state index contributed by atoms with van der Waals surface area (Å²) >= 11 is 0. The zero-order valence-electron chi connectivity index (χ0n) is 10.5. The standard InChI is InChI=1S/C15H17FN2/c1-2-8-17-11-13-7-6-12(10-14(13)16)15-5-3-4-9-18-15/h3-7,9-10,17H,2,8,11H2,1H3. The molecule has 1 aromatic carbocycles. The number of nitrogens with zero attached hydrogens (tertiary/aromatic N) is 1. The Kier molecular flexibility index (Phi) is 4.42. The van der Waals surface area contributed by atoms with Crippen molar-refractivity contribution in [2.24, 2.45) is 0 Å². The molecule has 0 aliphatic rings. The van der Waals surface area contributed by atoms with Crippen LogP contribution in [0.15, 0.2) is 42.6 Å². The van der Waals surface area contributed by atoms with Crippen LogP contribution >= 0.6 is 0 Å². The summed E-state index contributed by atoms with van der Waals surface area (Å²) in [5.41, 5.74) is 2.31. The van der Waals surface area contributed by atoms with E-state index in [0.29, 0.717) is 12.1 Å². The molecule has 0 fully saturated rings. The topological polar surface area (TPSA) is 24.9 Å². The molecule has 2 aromatic rings. The lowest BCUT2D eigenvalue weighted by Crippen LogP contribution is -2.14.